The normalized spacial score (nSPS) is 17.7. The fourth-order valence-corrected chi connectivity index (χ4v) is 5.54. The lowest BCUT2D eigenvalue weighted by Gasteiger charge is -2.28. The predicted molar refractivity (Wildman–Crippen MR) is 117 cm³/mol. The smallest absolute Gasteiger partial charge is 0.243 e. The molecule has 0 aromatic heterocycles. The van der Waals surface area contributed by atoms with Crippen LogP contribution in [0.3, 0.4) is 0 Å². The Bertz CT molecular complexity index is 1040. The molecule has 0 N–H and O–H groups in total. The lowest BCUT2D eigenvalue weighted by molar-refractivity contribution is 0.304. The van der Waals surface area contributed by atoms with Crippen molar-refractivity contribution in [2.45, 2.75) is 23.9 Å². The van der Waals surface area contributed by atoms with Gasteiger partial charge in [-0.3, -0.25) is 0 Å². The van der Waals surface area contributed by atoms with Gasteiger partial charge in [0.1, 0.15) is 0 Å². The van der Waals surface area contributed by atoms with Crippen LogP contribution in [0.4, 0.5) is 0 Å². The number of likely N-dealkylation sites (tertiary alicyclic amines) is 1. The standard InChI is InChI=1S/C24H26N2O2S/c1-25-17-16-23(19-25)26(18-20-8-4-2-5-9-20)29(27,28)24-14-12-22(13-15-24)21-10-6-3-7-11-21/h2-15,23H,16-19H2,1H3. The highest BCUT2D eigenvalue weighted by molar-refractivity contribution is 7.89. The van der Waals surface area contributed by atoms with E-state index in [1.807, 2.05) is 79.8 Å². The highest BCUT2D eigenvalue weighted by Gasteiger charge is 2.35. The largest absolute Gasteiger partial charge is 0.305 e. The highest BCUT2D eigenvalue weighted by Crippen LogP contribution is 2.27. The van der Waals surface area contributed by atoms with Gasteiger partial charge in [-0.05, 0) is 48.8 Å². The third-order valence-electron chi connectivity index (χ3n) is 5.52. The topological polar surface area (TPSA) is 40.6 Å². The number of hydrogen-bond donors (Lipinski definition) is 0. The second-order valence-corrected chi connectivity index (χ2v) is 9.52. The van der Waals surface area contributed by atoms with E-state index >= 15 is 0 Å². The van der Waals surface area contributed by atoms with E-state index in [0.29, 0.717) is 11.4 Å². The predicted octanol–water partition coefficient (Wildman–Crippen LogP) is 4.25. The second-order valence-electron chi connectivity index (χ2n) is 7.63. The van der Waals surface area contributed by atoms with Crippen LogP contribution in [0.15, 0.2) is 89.8 Å². The van der Waals surface area contributed by atoms with Crippen LogP contribution in [0.5, 0.6) is 0 Å². The van der Waals surface area contributed by atoms with Crippen molar-refractivity contribution in [3.8, 4) is 11.1 Å². The van der Waals surface area contributed by atoms with Crippen molar-refractivity contribution >= 4 is 10.0 Å². The molecular weight excluding hydrogens is 380 g/mol. The van der Waals surface area contributed by atoms with E-state index in [1.54, 1.807) is 16.4 Å². The molecule has 29 heavy (non-hydrogen) atoms. The molecule has 1 fully saturated rings. The number of sulfonamides is 1. The van der Waals surface area contributed by atoms with Gasteiger partial charge < -0.3 is 4.90 Å². The average molecular weight is 407 g/mol. The molecule has 0 saturated carbocycles. The van der Waals surface area contributed by atoms with Gasteiger partial charge in [0.2, 0.25) is 10.0 Å². The first-order chi connectivity index (χ1) is 14.0. The molecule has 1 aliphatic rings. The summed E-state index contributed by atoms with van der Waals surface area (Å²) in [6.45, 7) is 2.06. The molecule has 0 aliphatic carbocycles. The van der Waals surface area contributed by atoms with E-state index in [2.05, 4.69) is 4.90 Å². The highest BCUT2D eigenvalue weighted by atomic mass is 32.2. The Labute approximate surface area is 173 Å². The third-order valence-corrected chi connectivity index (χ3v) is 7.44. The summed E-state index contributed by atoms with van der Waals surface area (Å²) in [6.07, 6.45) is 0.852. The molecule has 3 aromatic carbocycles. The van der Waals surface area contributed by atoms with Crippen molar-refractivity contribution in [1.29, 1.82) is 0 Å². The molecule has 0 amide bonds. The van der Waals surface area contributed by atoms with Gasteiger partial charge in [-0.15, -0.1) is 0 Å². The molecule has 0 spiro atoms. The van der Waals surface area contributed by atoms with Crippen molar-refractivity contribution in [3.63, 3.8) is 0 Å². The zero-order valence-electron chi connectivity index (χ0n) is 16.6. The first kappa shape index (κ1) is 19.8. The maximum absolute atomic E-state index is 13.6. The maximum atomic E-state index is 13.6. The van der Waals surface area contributed by atoms with Crippen molar-refractivity contribution in [2.75, 3.05) is 20.1 Å². The molecule has 150 valence electrons. The Hall–Kier alpha value is -2.47. The summed E-state index contributed by atoms with van der Waals surface area (Å²) < 4.78 is 28.9. The maximum Gasteiger partial charge on any atom is 0.243 e. The Morgan fingerprint density at radius 1 is 0.862 bits per heavy atom. The molecule has 0 radical (unpaired) electrons. The summed E-state index contributed by atoms with van der Waals surface area (Å²) in [7, 11) is -1.55. The van der Waals surface area contributed by atoms with Gasteiger partial charge in [0.15, 0.2) is 0 Å². The van der Waals surface area contributed by atoms with Crippen LogP contribution < -0.4 is 0 Å². The number of likely N-dealkylation sites (N-methyl/N-ethyl adjacent to an activating group) is 1. The van der Waals surface area contributed by atoms with Crippen LogP contribution in [-0.4, -0.2) is 43.8 Å². The lowest BCUT2D eigenvalue weighted by Crippen LogP contribution is -2.41. The zero-order valence-corrected chi connectivity index (χ0v) is 17.4. The van der Waals surface area contributed by atoms with Gasteiger partial charge in [-0.25, -0.2) is 8.42 Å². The summed E-state index contributed by atoms with van der Waals surface area (Å²) in [6, 6.07) is 27.1. The van der Waals surface area contributed by atoms with Crippen LogP contribution >= 0.6 is 0 Å². The molecule has 4 rings (SSSR count). The Morgan fingerprint density at radius 3 is 2.03 bits per heavy atom. The minimum atomic E-state index is -3.60. The van der Waals surface area contributed by atoms with Gasteiger partial charge in [0.25, 0.3) is 0 Å². The van der Waals surface area contributed by atoms with E-state index in [0.717, 1.165) is 36.2 Å². The summed E-state index contributed by atoms with van der Waals surface area (Å²) in [5.41, 5.74) is 3.10. The first-order valence-corrected chi connectivity index (χ1v) is 11.4. The molecule has 5 heteroatoms. The Kier molecular flexibility index (Phi) is 5.81. The van der Waals surface area contributed by atoms with Crippen molar-refractivity contribution < 1.29 is 8.42 Å². The van der Waals surface area contributed by atoms with Crippen LogP contribution in [0.2, 0.25) is 0 Å². The molecule has 3 aromatic rings. The van der Waals surface area contributed by atoms with Crippen LogP contribution in [0, 0.1) is 0 Å². The molecule has 1 aliphatic heterocycles. The molecule has 1 heterocycles. The molecule has 1 unspecified atom stereocenters. The quantitative estimate of drug-likeness (QED) is 0.615. The summed E-state index contributed by atoms with van der Waals surface area (Å²) in [5, 5.41) is 0. The van der Waals surface area contributed by atoms with E-state index in [4.69, 9.17) is 0 Å². The van der Waals surface area contributed by atoms with Gasteiger partial charge in [-0.2, -0.15) is 4.31 Å². The molecule has 1 saturated heterocycles. The molecule has 0 bridgehead atoms. The fourth-order valence-electron chi connectivity index (χ4n) is 3.91. The van der Waals surface area contributed by atoms with E-state index in [1.165, 1.54) is 0 Å². The lowest BCUT2D eigenvalue weighted by atomic mass is 10.1. The van der Waals surface area contributed by atoms with Gasteiger partial charge in [-0.1, -0.05) is 72.8 Å². The second kappa shape index (κ2) is 8.49. The Morgan fingerprint density at radius 2 is 1.45 bits per heavy atom. The number of hydrogen-bond acceptors (Lipinski definition) is 3. The van der Waals surface area contributed by atoms with Gasteiger partial charge >= 0.3 is 0 Å². The van der Waals surface area contributed by atoms with Crippen molar-refractivity contribution in [3.05, 3.63) is 90.5 Å². The number of rotatable bonds is 6. The van der Waals surface area contributed by atoms with Crippen LogP contribution in [-0.2, 0) is 16.6 Å². The van der Waals surface area contributed by atoms with Crippen LogP contribution in [0.25, 0.3) is 11.1 Å². The van der Waals surface area contributed by atoms with E-state index < -0.39 is 10.0 Å². The van der Waals surface area contributed by atoms with Gasteiger partial charge in [0.05, 0.1) is 4.90 Å². The number of benzene rings is 3. The minimum absolute atomic E-state index is 0.0148. The first-order valence-electron chi connectivity index (χ1n) is 9.94. The summed E-state index contributed by atoms with van der Waals surface area (Å²) >= 11 is 0. The molecule has 1 atom stereocenters. The zero-order chi connectivity index (χ0) is 20.3. The average Bonchev–Trinajstić information content (AvgIpc) is 3.19. The number of nitrogens with zero attached hydrogens (tertiary/aromatic N) is 2. The SMILES string of the molecule is CN1CCC(N(Cc2ccccc2)S(=O)(=O)c2ccc(-c3ccccc3)cc2)C1. The van der Waals surface area contributed by atoms with Crippen LogP contribution in [0.1, 0.15) is 12.0 Å². The van der Waals surface area contributed by atoms with Gasteiger partial charge in [0, 0.05) is 19.1 Å². The third kappa shape index (κ3) is 4.42. The molecule has 4 nitrogen and oxygen atoms in total. The fraction of sp³-hybridized carbons (Fsp3) is 0.250. The summed E-state index contributed by atoms with van der Waals surface area (Å²) in [5.74, 6) is 0. The van der Waals surface area contributed by atoms with E-state index in [9.17, 15) is 8.42 Å². The Balaban J connectivity index is 1.65. The minimum Gasteiger partial charge on any atom is -0.305 e. The van der Waals surface area contributed by atoms with Crippen molar-refractivity contribution in [2.24, 2.45) is 0 Å². The van der Waals surface area contributed by atoms with Crippen molar-refractivity contribution in [1.82, 2.24) is 9.21 Å². The summed E-state index contributed by atoms with van der Waals surface area (Å²) in [4.78, 5) is 2.54. The monoisotopic (exact) mass is 406 g/mol. The van der Waals surface area contributed by atoms with E-state index in [-0.39, 0.29) is 6.04 Å². The molecular formula is C24H26N2O2S.